The molecule has 0 radical (unpaired) electrons. The van der Waals surface area contributed by atoms with E-state index in [-0.39, 0.29) is 0 Å². The molecule has 0 aromatic carbocycles. The molecule has 148 valence electrons. The third kappa shape index (κ3) is 7.60. The highest BCUT2D eigenvalue weighted by Gasteiger charge is 2.19. The Hall–Kier alpha value is -1.18. The van der Waals surface area contributed by atoms with Crippen LogP contribution in [0.1, 0.15) is 50.4 Å². The van der Waals surface area contributed by atoms with Crippen LogP contribution < -0.4 is 10.6 Å². The Morgan fingerprint density at radius 3 is 2.77 bits per heavy atom. The van der Waals surface area contributed by atoms with Crippen LogP contribution in [0.15, 0.2) is 11.2 Å². The Morgan fingerprint density at radius 2 is 2.15 bits per heavy atom. The number of hydrogen-bond acceptors (Lipinski definition) is 5. The van der Waals surface area contributed by atoms with Gasteiger partial charge in [0.1, 0.15) is 5.01 Å². The van der Waals surface area contributed by atoms with Crippen molar-refractivity contribution in [2.45, 2.75) is 65.6 Å². The predicted molar refractivity (Wildman–Crippen MR) is 110 cm³/mol. The van der Waals surface area contributed by atoms with Gasteiger partial charge in [0.2, 0.25) is 0 Å². The number of nitrogens with one attached hydrogen (secondary N) is 2. The molecular formula is C19H35N5OS. The molecule has 26 heavy (non-hydrogen) atoms. The molecular weight excluding hydrogens is 346 g/mol. The molecule has 0 spiro atoms. The van der Waals surface area contributed by atoms with Crippen LogP contribution in [0.25, 0.3) is 0 Å². The van der Waals surface area contributed by atoms with Gasteiger partial charge < -0.3 is 20.3 Å². The first kappa shape index (κ1) is 21.1. The molecule has 1 aliphatic heterocycles. The van der Waals surface area contributed by atoms with Crippen molar-refractivity contribution >= 4 is 17.3 Å². The molecule has 0 bridgehead atoms. The second-order valence-electron chi connectivity index (χ2n) is 6.95. The number of hydrogen-bond donors (Lipinski definition) is 2. The van der Waals surface area contributed by atoms with E-state index in [0.29, 0.717) is 18.7 Å². The number of aliphatic imine (C=N–C) groups is 1. The quantitative estimate of drug-likeness (QED) is 0.509. The first-order valence-corrected chi connectivity index (χ1v) is 10.7. The average Bonchev–Trinajstić information content (AvgIpc) is 3.09. The van der Waals surface area contributed by atoms with E-state index >= 15 is 0 Å². The van der Waals surface area contributed by atoms with Crippen LogP contribution in [0, 0.1) is 0 Å². The molecule has 1 aromatic rings. The molecule has 2 heterocycles. The van der Waals surface area contributed by atoms with Crippen LogP contribution in [0.4, 0.5) is 0 Å². The number of piperidine rings is 1. The maximum absolute atomic E-state index is 5.66. The molecule has 0 aliphatic carbocycles. The summed E-state index contributed by atoms with van der Waals surface area (Å²) in [5.74, 6) is 0.905. The van der Waals surface area contributed by atoms with E-state index in [4.69, 9.17) is 9.73 Å². The molecule has 6 nitrogen and oxygen atoms in total. The summed E-state index contributed by atoms with van der Waals surface area (Å²) in [7, 11) is 0. The van der Waals surface area contributed by atoms with E-state index in [9.17, 15) is 0 Å². The Balaban J connectivity index is 1.76. The van der Waals surface area contributed by atoms with Gasteiger partial charge in [-0.15, -0.1) is 11.3 Å². The lowest BCUT2D eigenvalue weighted by atomic mass is 10.1. The largest absolute Gasteiger partial charge is 0.377 e. The number of thiazole rings is 1. The second-order valence-corrected chi connectivity index (χ2v) is 8.15. The maximum atomic E-state index is 5.66. The van der Waals surface area contributed by atoms with Crippen molar-refractivity contribution in [3.63, 3.8) is 0 Å². The zero-order chi connectivity index (χ0) is 18.8. The van der Waals surface area contributed by atoms with E-state index in [1.165, 1.54) is 4.88 Å². The lowest BCUT2D eigenvalue weighted by Crippen LogP contribution is -2.49. The smallest absolute Gasteiger partial charge is 0.191 e. The summed E-state index contributed by atoms with van der Waals surface area (Å²) in [6.07, 6.45) is 5.61. The molecule has 2 N–H and O–H groups in total. The molecule has 0 amide bonds. The summed E-state index contributed by atoms with van der Waals surface area (Å²) < 4.78 is 5.66. The Kier molecular flexibility index (Phi) is 9.36. The van der Waals surface area contributed by atoms with E-state index in [1.54, 1.807) is 11.3 Å². The van der Waals surface area contributed by atoms with Crippen molar-refractivity contribution in [2.75, 3.05) is 32.8 Å². The van der Waals surface area contributed by atoms with E-state index in [2.05, 4.69) is 48.2 Å². The highest BCUT2D eigenvalue weighted by molar-refractivity contribution is 7.11. The molecule has 2 rings (SSSR count). The summed E-state index contributed by atoms with van der Waals surface area (Å²) in [6.45, 7) is 14.0. The summed E-state index contributed by atoms with van der Waals surface area (Å²) >= 11 is 1.76. The van der Waals surface area contributed by atoms with Crippen molar-refractivity contribution in [1.29, 1.82) is 0 Å². The lowest BCUT2D eigenvalue weighted by Gasteiger charge is -2.33. The van der Waals surface area contributed by atoms with Crippen molar-refractivity contribution in [1.82, 2.24) is 20.5 Å². The molecule has 0 saturated carbocycles. The summed E-state index contributed by atoms with van der Waals surface area (Å²) in [5, 5.41) is 8.04. The third-order valence-corrected chi connectivity index (χ3v) is 5.58. The van der Waals surface area contributed by atoms with Crippen LogP contribution in [0.3, 0.4) is 0 Å². The van der Waals surface area contributed by atoms with Crippen molar-refractivity contribution in [2.24, 2.45) is 4.99 Å². The summed E-state index contributed by atoms with van der Waals surface area (Å²) in [4.78, 5) is 13.0. The van der Waals surface area contributed by atoms with Crippen LogP contribution >= 0.6 is 11.3 Å². The molecule has 0 unspecified atom stereocenters. The van der Waals surface area contributed by atoms with Crippen LogP contribution in [-0.2, 0) is 17.7 Å². The number of aryl methyl sites for hydroxylation is 1. The van der Waals surface area contributed by atoms with Gasteiger partial charge in [0.25, 0.3) is 0 Å². The maximum Gasteiger partial charge on any atom is 0.191 e. The van der Waals surface area contributed by atoms with Gasteiger partial charge in [-0.3, -0.25) is 0 Å². The molecule has 0 atom stereocenters. The number of likely N-dealkylation sites (tertiary alicyclic amines) is 1. The Labute approximate surface area is 162 Å². The van der Waals surface area contributed by atoms with Gasteiger partial charge in [-0.2, -0.15) is 0 Å². The molecule has 1 saturated heterocycles. The van der Waals surface area contributed by atoms with Gasteiger partial charge in [-0.1, -0.05) is 6.92 Å². The number of nitrogens with zero attached hydrogens (tertiary/aromatic N) is 3. The van der Waals surface area contributed by atoms with Gasteiger partial charge in [-0.25, -0.2) is 9.98 Å². The normalized spacial score (nSPS) is 17.0. The first-order valence-electron chi connectivity index (χ1n) is 9.93. The van der Waals surface area contributed by atoms with Crippen LogP contribution in [-0.4, -0.2) is 60.8 Å². The zero-order valence-electron chi connectivity index (χ0n) is 16.8. The highest BCUT2D eigenvalue weighted by atomic mass is 32.1. The minimum Gasteiger partial charge on any atom is -0.377 e. The monoisotopic (exact) mass is 381 g/mol. The average molecular weight is 382 g/mol. The Morgan fingerprint density at radius 1 is 1.38 bits per heavy atom. The van der Waals surface area contributed by atoms with Crippen LogP contribution in [0.2, 0.25) is 0 Å². The SMILES string of the molecule is CCNC(=NCc1ncc(CC)s1)NC1CCN(CCOC(C)C)CC1. The number of aromatic nitrogens is 1. The number of guanidine groups is 1. The first-order chi connectivity index (χ1) is 12.6. The van der Waals surface area contributed by atoms with Crippen molar-refractivity contribution < 1.29 is 4.74 Å². The third-order valence-electron chi connectivity index (χ3n) is 4.45. The number of rotatable bonds is 9. The van der Waals surface area contributed by atoms with Gasteiger partial charge in [-0.05, 0) is 40.0 Å². The Bertz CT molecular complexity index is 538. The number of ether oxygens (including phenoxy) is 1. The van der Waals surface area contributed by atoms with E-state index in [0.717, 1.165) is 63.0 Å². The van der Waals surface area contributed by atoms with Gasteiger partial charge >= 0.3 is 0 Å². The fourth-order valence-corrected chi connectivity index (χ4v) is 3.75. The second kappa shape index (κ2) is 11.5. The van der Waals surface area contributed by atoms with Crippen LogP contribution in [0.5, 0.6) is 0 Å². The fourth-order valence-electron chi connectivity index (χ4n) is 2.96. The summed E-state index contributed by atoms with van der Waals surface area (Å²) in [6, 6.07) is 0.484. The van der Waals surface area contributed by atoms with Crippen molar-refractivity contribution in [3.05, 3.63) is 16.1 Å². The minimum absolute atomic E-state index is 0.319. The summed E-state index contributed by atoms with van der Waals surface area (Å²) in [5.41, 5.74) is 0. The fraction of sp³-hybridized carbons (Fsp3) is 0.789. The predicted octanol–water partition coefficient (Wildman–Crippen LogP) is 2.65. The van der Waals surface area contributed by atoms with E-state index < -0.39 is 0 Å². The van der Waals surface area contributed by atoms with E-state index in [1.807, 2.05) is 6.20 Å². The van der Waals surface area contributed by atoms with Gasteiger partial charge in [0.15, 0.2) is 5.96 Å². The molecule has 1 fully saturated rings. The lowest BCUT2D eigenvalue weighted by molar-refractivity contribution is 0.0532. The van der Waals surface area contributed by atoms with Gasteiger partial charge in [0, 0.05) is 43.3 Å². The van der Waals surface area contributed by atoms with Gasteiger partial charge in [0.05, 0.1) is 19.3 Å². The topological polar surface area (TPSA) is 61.8 Å². The zero-order valence-corrected chi connectivity index (χ0v) is 17.6. The van der Waals surface area contributed by atoms with Crippen molar-refractivity contribution in [3.8, 4) is 0 Å². The molecule has 1 aromatic heterocycles. The standard InChI is InChI=1S/C19H35N5OS/c1-5-17-13-21-18(26-17)14-22-19(20-6-2)23-16-7-9-24(10-8-16)11-12-25-15(3)4/h13,15-16H,5-12,14H2,1-4H3,(H2,20,22,23). The minimum atomic E-state index is 0.319. The molecule has 1 aliphatic rings. The molecule has 7 heteroatoms. The highest BCUT2D eigenvalue weighted by Crippen LogP contribution is 2.14.